The molecular formula is C11H16BrFN2. The van der Waals surface area contributed by atoms with E-state index in [1.165, 1.54) is 6.07 Å². The maximum atomic E-state index is 13.0. The smallest absolute Gasteiger partial charge is 0.137 e. The van der Waals surface area contributed by atoms with Crippen molar-refractivity contribution >= 4 is 15.9 Å². The molecule has 0 heterocycles. The third-order valence-electron chi connectivity index (χ3n) is 2.08. The van der Waals surface area contributed by atoms with Gasteiger partial charge in [0, 0.05) is 12.6 Å². The molecule has 1 aromatic rings. The zero-order valence-corrected chi connectivity index (χ0v) is 10.6. The lowest BCUT2D eigenvalue weighted by atomic mass is 10.1. The lowest BCUT2D eigenvalue weighted by Crippen LogP contribution is -2.34. The fourth-order valence-corrected chi connectivity index (χ4v) is 1.93. The molecule has 4 heteroatoms. The Balaban J connectivity index is 2.60. The zero-order chi connectivity index (χ0) is 11.4. The summed E-state index contributed by atoms with van der Waals surface area (Å²) in [6.07, 6.45) is 0.761. The van der Waals surface area contributed by atoms with Crippen LogP contribution >= 0.6 is 15.9 Å². The van der Waals surface area contributed by atoms with Gasteiger partial charge in [-0.1, -0.05) is 6.07 Å². The molecule has 0 fully saturated rings. The van der Waals surface area contributed by atoms with Gasteiger partial charge in [-0.15, -0.1) is 0 Å². The molecule has 0 spiro atoms. The van der Waals surface area contributed by atoms with Crippen LogP contribution in [0.15, 0.2) is 22.7 Å². The van der Waals surface area contributed by atoms with Crippen LogP contribution in [0.2, 0.25) is 0 Å². The van der Waals surface area contributed by atoms with E-state index in [4.69, 9.17) is 5.73 Å². The molecule has 1 atom stereocenters. The Morgan fingerprint density at radius 2 is 2.13 bits per heavy atom. The summed E-state index contributed by atoms with van der Waals surface area (Å²) >= 11 is 3.16. The monoisotopic (exact) mass is 274 g/mol. The van der Waals surface area contributed by atoms with Gasteiger partial charge in [0.15, 0.2) is 0 Å². The minimum atomic E-state index is -0.236. The van der Waals surface area contributed by atoms with Gasteiger partial charge in [0.2, 0.25) is 0 Å². The summed E-state index contributed by atoms with van der Waals surface area (Å²) in [5.74, 6) is -0.236. The summed E-state index contributed by atoms with van der Waals surface area (Å²) in [7, 11) is 3.97. The fraction of sp³-hybridized carbons (Fsp3) is 0.455. The van der Waals surface area contributed by atoms with Crippen molar-refractivity contribution in [3.05, 3.63) is 34.1 Å². The number of rotatable bonds is 4. The third kappa shape index (κ3) is 4.28. The van der Waals surface area contributed by atoms with Gasteiger partial charge in [-0.05, 0) is 54.1 Å². The summed E-state index contributed by atoms with van der Waals surface area (Å²) in [5, 5.41) is 0. The highest BCUT2D eigenvalue weighted by Crippen LogP contribution is 2.17. The molecule has 0 amide bonds. The van der Waals surface area contributed by atoms with Crippen LogP contribution in [0.3, 0.4) is 0 Å². The van der Waals surface area contributed by atoms with E-state index in [-0.39, 0.29) is 11.9 Å². The number of nitrogens with two attached hydrogens (primary N) is 1. The van der Waals surface area contributed by atoms with Gasteiger partial charge in [-0.3, -0.25) is 0 Å². The molecule has 0 aliphatic heterocycles. The number of hydrogen-bond donors (Lipinski definition) is 1. The number of benzene rings is 1. The number of nitrogens with zero attached hydrogens (tertiary/aromatic N) is 1. The largest absolute Gasteiger partial charge is 0.326 e. The summed E-state index contributed by atoms with van der Waals surface area (Å²) < 4.78 is 13.5. The molecule has 0 bridgehead atoms. The Bertz CT molecular complexity index is 328. The molecular weight excluding hydrogens is 259 g/mol. The van der Waals surface area contributed by atoms with Crippen LogP contribution < -0.4 is 5.73 Å². The number of halogens is 2. The van der Waals surface area contributed by atoms with Crippen LogP contribution in [0.5, 0.6) is 0 Å². The molecule has 15 heavy (non-hydrogen) atoms. The molecule has 0 aromatic heterocycles. The van der Waals surface area contributed by atoms with Crippen molar-refractivity contribution in [2.45, 2.75) is 12.5 Å². The second kappa shape index (κ2) is 5.58. The standard InChI is InChI=1S/C11H16BrFN2/c1-15(2)7-9(14)5-8-3-4-11(13)10(12)6-8/h3-4,6,9H,5,7,14H2,1-2H3. The van der Waals surface area contributed by atoms with Crippen LogP contribution in [0, 0.1) is 5.82 Å². The Kier molecular flexibility index (Phi) is 4.70. The first-order valence-corrected chi connectivity index (χ1v) is 5.62. The molecule has 84 valence electrons. The van der Waals surface area contributed by atoms with Gasteiger partial charge < -0.3 is 10.6 Å². The van der Waals surface area contributed by atoms with Crippen molar-refractivity contribution < 1.29 is 4.39 Å². The van der Waals surface area contributed by atoms with E-state index in [0.29, 0.717) is 4.47 Å². The topological polar surface area (TPSA) is 29.3 Å². The van der Waals surface area contributed by atoms with Crippen LogP contribution in [0.25, 0.3) is 0 Å². The summed E-state index contributed by atoms with van der Waals surface area (Å²) in [6.45, 7) is 0.828. The second-order valence-electron chi connectivity index (χ2n) is 3.97. The fourth-order valence-electron chi connectivity index (χ4n) is 1.50. The zero-order valence-electron chi connectivity index (χ0n) is 9.00. The maximum Gasteiger partial charge on any atom is 0.137 e. The highest BCUT2D eigenvalue weighted by molar-refractivity contribution is 9.10. The minimum Gasteiger partial charge on any atom is -0.326 e. The van der Waals surface area contributed by atoms with Crippen molar-refractivity contribution in [3.63, 3.8) is 0 Å². The van der Waals surface area contributed by atoms with E-state index in [1.54, 1.807) is 12.1 Å². The SMILES string of the molecule is CN(C)CC(N)Cc1ccc(F)c(Br)c1. The lowest BCUT2D eigenvalue weighted by molar-refractivity contribution is 0.371. The van der Waals surface area contributed by atoms with E-state index < -0.39 is 0 Å². The van der Waals surface area contributed by atoms with E-state index in [2.05, 4.69) is 15.9 Å². The normalized spacial score (nSPS) is 13.2. The average Bonchev–Trinajstić information content (AvgIpc) is 2.10. The van der Waals surface area contributed by atoms with Gasteiger partial charge in [0.25, 0.3) is 0 Å². The first kappa shape index (κ1) is 12.6. The predicted molar refractivity (Wildman–Crippen MR) is 64.3 cm³/mol. The maximum absolute atomic E-state index is 13.0. The van der Waals surface area contributed by atoms with Crippen molar-refractivity contribution in [3.8, 4) is 0 Å². The van der Waals surface area contributed by atoms with Crippen LogP contribution in [0.1, 0.15) is 5.56 Å². The lowest BCUT2D eigenvalue weighted by Gasteiger charge is -2.16. The highest BCUT2D eigenvalue weighted by atomic mass is 79.9. The van der Waals surface area contributed by atoms with Gasteiger partial charge in [-0.2, -0.15) is 0 Å². The molecule has 0 aliphatic rings. The van der Waals surface area contributed by atoms with Gasteiger partial charge >= 0.3 is 0 Å². The van der Waals surface area contributed by atoms with Crippen molar-refractivity contribution in [1.82, 2.24) is 4.90 Å². The Hall–Kier alpha value is -0.450. The molecule has 2 nitrogen and oxygen atoms in total. The van der Waals surface area contributed by atoms with Crippen LogP contribution in [-0.2, 0) is 6.42 Å². The third-order valence-corrected chi connectivity index (χ3v) is 2.69. The van der Waals surface area contributed by atoms with Gasteiger partial charge in [0.05, 0.1) is 4.47 Å². The quantitative estimate of drug-likeness (QED) is 0.911. The van der Waals surface area contributed by atoms with Crippen molar-refractivity contribution in [2.24, 2.45) is 5.73 Å². The van der Waals surface area contributed by atoms with Gasteiger partial charge in [0.1, 0.15) is 5.82 Å². The molecule has 1 aromatic carbocycles. The van der Waals surface area contributed by atoms with E-state index in [1.807, 2.05) is 19.0 Å². The van der Waals surface area contributed by atoms with E-state index in [9.17, 15) is 4.39 Å². The minimum absolute atomic E-state index is 0.0809. The van der Waals surface area contributed by atoms with E-state index >= 15 is 0 Å². The van der Waals surface area contributed by atoms with E-state index in [0.717, 1.165) is 18.5 Å². The predicted octanol–water partition coefficient (Wildman–Crippen LogP) is 2.02. The molecule has 1 rings (SSSR count). The highest BCUT2D eigenvalue weighted by Gasteiger charge is 2.07. The van der Waals surface area contributed by atoms with Crippen LogP contribution in [0.4, 0.5) is 4.39 Å². The summed E-state index contributed by atoms with van der Waals surface area (Å²) in [5.41, 5.74) is 7.00. The molecule has 0 aliphatic carbocycles. The summed E-state index contributed by atoms with van der Waals surface area (Å²) in [4.78, 5) is 2.04. The number of hydrogen-bond acceptors (Lipinski definition) is 2. The summed E-state index contributed by atoms with van der Waals surface area (Å²) in [6, 6.07) is 5.10. The van der Waals surface area contributed by atoms with Crippen molar-refractivity contribution in [1.29, 1.82) is 0 Å². The van der Waals surface area contributed by atoms with Crippen molar-refractivity contribution in [2.75, 3.05) is 20.6 Å². The first-order valence-electron chi connectivity index (χ1n) is 4.83. The Morgan fingerprint density at radius 3 is 2.67 bits per heavy atom. The first-order chi connectivity index (χ1) is 6.99. The van der Waals surface area contributed by atoms with Crippen LogP contribution in [-0.4, -0.2) is 31.6 Å². The molecule has 1 unspecified atom stereocenters. The molecule has 2 N–H and O–H groups in total. The Labute approximate surface area is 98.4 Å². The Morgan fingerprint density at radius 1 is 1.47 bits per heavy atom. The molecule has 0 radical (unpaired) electrons. The second-order valence-corrected chi connectivity index (χ2v) is 4.83. The average molecular weight is 275 g/mol. The number of likely N-dealkylation sites (N-methyl/N-ethyl adjacent to an activating group) is 1. The molecule has 0 saturated heterocycles. The molecule has 0 saturated carbocycles. The van der Waals surface area contributed by atoms with Gasteiger partial charge in [-0.25, -0.2) is 4.39 Å².